The third-order valence-electron chi connectivity index (χ3n) is 6.69. The number of nitrogens with zero attached hydrogens (tertiary/aromatic N) is 8. The zero-order valence-corrected chi connectivity index (χ0v) is 24.3. The fourth-order valence-corrected chi connectivity index (χ4v) is 5.45. The van der Waals surface area contributed by atoms with Gasteiger partial charge in [0, 0.05) is 65.2 Å². The summed E-state index contributed by atoms with van der Waals surface area (Å²) in [5.74, 6) is 0. The molecule has 0 saturated carbocycles. The van der Waals surface area contributed by atoms with E-state index < -0.39 is 0 Å². The lowest BCUT2D eigenvalue weighted by Gasteiger charge is -2.06. The topological polar surface area (TPSA) is 100 Å². The maximum absolute atomic E-state index is 11.9. The quantitative estimate of drug-likeness (QED) is 0.151. The normalized spacial score (nSPS) is 11.3. The summed E-state index contributed by atoms with van der Waals surface area (Å²) in [6.45, 7) is 0. The van der Waals surface area contributed by atoms with Crippen LogP contribution in [0.15, 0.2) is 119 Å². The summed E-state index contributed by atoms with van der Waals surface area (Å²) in [6, 6.07) is 19.4. The number of benzene rings is 2. The molecule has 0 amide bonds. The number of halogens is 2. The maximum Gasteiger partial charge on any atom is 0.224 e. The molecule has 0 aliphatic heterocycles. The van der Waals surface area contributed by atoms with E-state index in [2.05, 4.69) is 63.1 Å². The van der Waals surface area contributed by atoms with Gasteiger partial charge in [-0.3, -0.25) is 4.98 Å². The lowest BCUT2D eigenvalue weighted by molar-refractivity contribution is -0.576. The van der Waals surface area contributed by atoms with E-state index in [1.54, 1.807) is 33.7 Å². The fraction of sp³-hybridized carbons (Fsp3) is 0. The monoisotopic (exact) mass is 664 g/mol. The van der Waals surface area contributed by atoms with Gasteiger partial charge in [0.15, 0.2) is 17.5 Å². The molecule has 0 N–H and O–H groups in total. The van der Waals surface area contributed by atoms with Gasteiger partial charge in [0.1, 0.15) is 0 Å². The van der Waals surface area contributed by atoms with Crippen LogP contribution in [0.4, 0.5) is 0 Å². The molecule has 0 atom stereocenters. The maximum atomic E-state index is 11.9. The summed E-state index contributed by atoms with van der Waals surface area (Å²) in [7, 11) is 0. The van der Waals surface area contributed by atoms with E-state index in [0.29, 0.717) is 5.52 Å². The third kappa shape index (κ3) is 4.58. The molecule has 41 heavy (non-hydrogen) atoms. The second kappa shape index (κ2) is 10.3. The Balaban J connectivity index is 0.000000135. The fourth-order valence-electron chi connectivity index (χ4n) is 4.86. The van der Waals surface area contributed by atoms with Crippen molar-refractivity contribution in [2.45, 2.75) is 0 Å². The Morgan fingerprint density at radius 3 is 1.88 bits per heavy atom. The van der Waals surface area contributed by atoms with Gasteiger partial charge in [-0.05, 0) is 55.6 Å². The molecule has 0 spiro atoms. The molecule has 8 aromatic rings. The smallest absolute Gasteiger partial charge is 0.224 e. The number of fused-ring (bicyclic) bond motifs is 4. The molecule has 0 bridgehead atoms. The predicted molar refractivity (Wildman–Crippen MR) is 164 cm³/mol. The molecule has 9 nitrogen and oxygen atoms in total. The van der Waals surface area contributed by atoms with Crippen molar-refractivity contribution < 1.29 is 4.73 Å². The van der Waals surface area contributed by atoms with Crippen LogP contribution in [0.25, 0.3) is 55.4 Å². The van der Waals surface area contributed by atoms with Crippen molar-refractivity contribution in [2.75, 3.05) is 0 Å². The van der Waals surface area contributed by atoms with Gasteiger partial charge in [-0.1, -0.05) is 30.3 Å². The SMILES string of the molecule is Brc1cnc2c(-c3ccnc4ccccc34)cnn2c1.[O-][n+]1ccc(-c2cnn3cc(Br)cnc23)c2ccccc21. The van der Waals surface area contributed by atoms with Crippen LogP contribution >= 0.6 is 31.9 Å². The highest BCUT2D eigenvalue weighted by atomic mass is 79.9. The van der Waals surface area contributed by atoms with E-state index in [-0.39, 0.29) is 0 Å². The second-order valence-electron chi connectivity index (χ2n) is 9.15. The van der Waals surface area contributed by atoms with Gasteiger partial charge in [-0.15, -0.1) is 0 Å². The Hall–Kier alpha value is -4.74. The minimum atomic E-state index is 0.631. The summed E-state index contributed by atoms with van der Waals surface area (Å²) in [6.07, 6.45) is 14.2. The largest absolute Gasteiger partial charge is 0.618 e. The molecule has 6 aromatic heterocycles. The number of para-hydroxylation sites is 2. The van der Waals surface area contributed by atoms with Crippen LogP contribution in [0.5, 0.6) is 0 Å². The zero-order valence-electron chi connectivity index (χ0n) is 21.1. The van der Waals surface area contributed by atoms with E-state index >= 15 is 0 Å². The third-order valence-corrected chi connectivity index (χ3v) is 7.51. The molecule has 2 aromatic carbocycles. The Kier molecular flexibility index (Phi) is 6.37. The lowest BCUT2D eigenvalue weighted by Crippen LogP contribution is -2.25. The van der Waals surface area contributed by atoms with Crippen LogP contribution in [0.2, 0.25) is 0 Å². The van der Waals surface area contributed by atoms with Gasteiger partial charge in [-0.2, -0.15) is 14.9 Å². The highest BCUT2D eigenvalue weighted by Gasteiger charge is 2.15. The number of aromatic nitrogens is 8. The zero-order chi connectivity index (χ0) is 27.9. The van der Waals surface area contributed by atoms with Crippen LogP contribution in [0.3, 0.4) is 0 Å². The Morgan fingerprint density at radius 2 is 1.20 bits per heavy atom. The van der Waals surface area contributed by atoms with Crippen molar-refractivity contribution in [3.05, 3.63) is 124 Å². The van der Waals surface area contributed by atoms with Crippen LogP contribution in [-0.4, -0.2) is 34.2 Å². The van der Waals surface area contributed by atoms with Gasteiger partial charge in [-0.25, -0.2) is 19.0 Å². The molecule has 6 heterocycles. The first kappa shape index (κ1) is 25.2. The standard InChI is InChI=1S/C15H9BrN4O.C15H9BrN4/c16-10-7-17-15-13(8-18-19(15)9-10)11-5-6-20(21)14-4-2-1-3-12(11)14;16-10-7-18-15-13(8-19-20(15)9-10)11-5-6-17-14-4-2-1-3-12(11)14/h1-9H;1-9H. The first-order valence-electron chi connectivity index (χ1n) is 12.5. The summed E-state index contributed by atoms with van der Waals surface area (Å²) < 4.78 is 6.12. The molecule has 0 radical (unpaired) electrons. The first-order chi connectivity index (χ1) is 20.1. The Labute approximate surface area is 249 Å². The van der Waals surface area contributed by atoms with E-state index in [1.165, 1.54) is 6.20 Å². The molecular weight excluding hydrogens is 648 g/mol. The van der Waals surface area contributed by atoms with Gasteiger partial charge >= 0.3 is 0 Å². The lowest BCUT2D eigenvalue weighted by atomic mass is 10.0. The number of rotatable bonds is 2. The minimum Gasteiger partial charge on any atom is -0.618 e. The molecular formula is C30H18Br2N8O. The van der Waals surface area contributed by atoms with E-state index in [1.807, 2.05) is 73.3 Å². The van der Waals surface area contributed by atoms with E-state index in [0.717, 1.165) is 63.5 Å². The average Bonchev–Trinajstić information content (AvgIpc) is 3.61. The molecule has 0 aliphatic carbocycles. The van der Waals surface area contributed by atoms with E-state index in [9.17, 15) is 5.21 Å². The van der Waals surface area contributed by atoms with Crippen molar-refractivity contribution in [1.29, 1.82) is 0 Å². The van der Waals surface area contributed by atoms with Crippen LogP contribution < -0.4 is 4.73 Å². The molecule has 0 fully saturated rings. The van der Waals surface area contributed by atoms with Crippen molar-refractivity contribution in [2.24, 2.45) is 0 Å². The first-order valence-corrected chi connectivity index (χ1v) is 14.1. The molecule has 0 unspecified atom stereocenters. The molecule has 198 valence electrons. The predicted octanol–water partition coefficient (Wildman–Crippen LogP) is 6.65. The minimum absolute atomic E-state index is 0.631. The molecule has 0 aliphatic rings. The van der Waals surface area contributed by atoms with Crippen molar-refractivity contribution in [1.82, 2.24) is 34.2 Å². The van der Waals surface area contributed by atoms with Crippen LogP contribution in [0, 0.1) is 5.21 Å². The van der Waals surface area contributed by atoms with Crippen molar-refractivity contribution in [3.63, 3.8) is 0 Å². The summed E-state index contributed by atoms with van der Waals surface area (Å²) >= 11 is 6.78. The van der Waals surface area contributed by atoms with Crippen LogP contribution in [0.1, 0.15) is 0 Å². The van der Waals surface area contributed by atoms with E-state index in [4.69, 9.17) is 0 Å². The number of hydrogen-bond acceptors (Lipinski definition) is 6. The Bertz CT molecular complexity index is 2220. The van der Waals surface area contributed by atoms with Crippen LogP contribution in [-0.2, 0) is 0 Å². The van der Waals surface area contributed by atoms with Gasteiger partial charge < -0.3 is 5.21 Å². The molecule has 8 rings (SSSR count). The van der Waals surface area contributed by atoms with Gasteiger partial charge in [0.25, 0.3) is 0 Å². The highest BCUT2D eigenvalue weighted by Crippen LogP contribution is 2.31. The summed E-state index contributed by atoms with van der Waals surface area (Å²) in [5, 5.41) is 22.6. The highest BCUT2D eigenvalue weighted by molar-refractivity contribution is 9.10. The molecule has 11 heteroatoms. The van der Waals surface area contributed by atoms with Gasteiger partial charge in [0.05, 0.1) is 32.2 Å². The summed E-state index contributed by atoms with van der Waals surface area (Å²) in [4.78, 5) is 13.3. The Morgan fingerprint density at radius 1 is 0.610 bits per heavy atom. The molecule has 0 saturated heterocycles. The number of pyridine rings is 2. The number of hydrogen-bond donors (Lipinski definition) is 0. The van der Waals surface area contributed by atoms with Crippen molar-refractivity contribution >= 4 is 65.0 Å². The van der Waals surface area contributed by atoms with Gasteiger partial charge in [0.2, 0.25) is 5.52 Å². The average molecular weight is 666 g/mol. The summed E-state index contributed by atoms with van der Waals surface area (Å²) in [5.41, 5.74) is 7.16. The second-order valence-corrected chi connectivity index (χ2v) is 11.0. The van der Waals surface area contributed by atoms with Crippen molar-refractivity contribution in [3.8, 4) is 22.3 Å².